The lowest BCUT2D eigenvalue weighted by Crippen LogP contribution is -2.47. The summed E-state index contributed by atoms with van der Waals surface area (Å²) >= 11 is 3.40. The maximum atomic E-state index is 12.9. The Bertz CT molecular complexity index is 919. The zero-order chi connectivity index (χ0) is 18.7. The summed E-state index contributed by atoms with van der Waals surface area (Å²) in [6.45, 7) is 0. The zero-order valence-corrected chi connectivity index (χ0v) is 16.3. The Kier molecular flexibility index (Phi) is 5.03. The second-order valence-corrected chi connectivity index (χ2v) is 7.68. The second-order valence-electron chi connectivity index (χ2n) is 6.76. The second kappa shape index (κ2) is 7.60. The number of pyridine rings is 1. The van der Waals surface area contributed by atoms with Crippen LogP contribution in [0.2, 0.25) is 0 Å². The number of amides is 1. The summed E-state index contributed by atoms with van der Waals surface area (Å²) in [7, 11) is 0. The van der Waals surface area contributed by atoms with E-state index in [1.54, 1.807) is 24.5 Å². The summed E-state index contributed by atoms with van der Waals surface area (Å²) < 4.78 is 6.55. The van der Waals surface area contributed by atoms with Crippen LogP contribution in [0.15, 0.2) is 57.8 Å². The number of halogens is 1. The molecule has 2 aromatic heterocycles. The van der Waals surface area contributed by atoms with Gasteiger partial charge >= 0.3 is 0 Å². The van der Waals surface area contributed by atoms with Gasteiger partial charge in [-0.25, -0.2) is 0 Å². The van der Waals surface area contributed by atoms with Gasteiger partial charge in [0.1, 0.15) is 5.54 Å². The highest BCUT2D eigenvalue weighted by molar-refractivity contribution is 9.10. The fraction of sp³-hybridized carbons (Fsp3) is 0.300. The molecular weight excluding hydrogens is 408 g/mol. The van der Waals surface area contributed by atoms with Gasteiger partial charge in [-0.1, -0.05) is 40.3 Å². The van der Waals surface area contributed by atoms with Gasteiger partial charge in [0.05, 0.1) is 0 Å². The minimum Gasteiger partial charge on any atom is -0.338 e. The van der Waals surface area contributed by atoms with E-state index in [9.17, 15) is 4.79 Å². The maximum absolute atomic E-state index is 12.9. The van der Waals surface area contributed by atoms with E-state index in [1.807, 2.05) is 24.3 Å². The van der Waals surface area contributed by atoms with Crippen molar-refractivity contribution in [2.24, 2.45) is 0 Å². The Morgan fingerprint density at radius 3 is 2.44 bits per heavy atom. The number of nitrogens with one attached hydrogen (secondary N) is 1. The van der Waals surface area contributed by atoms with Crippen LogP contribution in [-0.2, 0) is 5.54 Å². The van der Waals surface area contributed by atoms with Crippen LogP contribution in [0, 0.1) is 0 Å². The van der Waals surface area contributed by atoms with Crippen molar-refractivity contribution in [3.63, 3.8) is 0 Å². The van der Waals surface area contributed by atoms with Gasteiger partial charge in [0, 0.05) is 28.0 Å². The van der Waals surface area contributed by atoms with E-state index in [0.717, 1.165) is 42.1 Å². The van der Waals surface area contributed by atoms with Gasteiger partial charge in [0.2, 0.25) is 5.82 Å². The molecule has 3 aromatic rings. The molecule has 27 heavy (non-hydrogen) atoms. The van der Waals surface area contributed by atoms with Gasteiger partial charge in [0.15, 0.2) is 0 Å². The van der Waals surface area contributed by atoms with Gasteiger partial charge in [-0.3, -0.25) is 9.78 Å². The van der Waals surface area contributed by atoms with E-state index in [0.29, 0.717) is 17.3 Å². The van der Waals surface area contributed by atoms with Crippen molar-refractivity contribution in [2.75, 3.05) is 0 Å². The van der Waals surface area contributed by atoms with Gasteiger partial charge in [-0.05, 0) is 49.2 Å². The molecule has 1 saturated carbocycles. The molecule has 138 valence electrons. The third kappa shape index (κ3) is 3.78. The molecule has 1 aromatic carbocycles. The number of benzene rings is 1. The van der Waals surface area contributed by atoms with E-state index >= 15 is 0 Å². The molecule has 1 aliphatic carbocycles. The van der Waals surface area contributed by atoms with E-state index in [2.05, 4.69) is 36.4 Å². The molecule has 1 fully saturated rings. The third-order valence-electron chi connectivity index (χ3n) is 4.94. The first-order valence-corrected chi connectivity index (χ1v) is 9.78. The predicted octanol–water partition coefficient (Wildman–Crippen LogP) is 4.48. The van der Waals surface area contributed by atoms with Crippen molar-refractivity contribution in [1.29, 1.82) is 0 Å². The number of rotatable bonds is 4. The van der Waals surface area contributed by atoms with Crippen LogP contribution in [0.1, 0.15) is 48.4 Å². The van der Waals surface area contributed by atoms with Gasteiger partial charge in [-0.2, -0.15) is 4.98 Å². The summed E-state index contributed by atoms with van der Waals surface area (Å²) in [5.41, 5.74) is 0.822. The van der Waals surface area contributed by atoms with Crippen molar-refractivity contribution < 1.29 is 9.32 Å². The number of hydrogen-bond donors (Lipinski definition) is 1. The fourth-order valence-electron chi connectivity index (χ4n) is 3.47. The molecule has 1 aliphatic rings. The van der Waals surface area contributed by atoms with Gasteiger partial charge in [0.25, 0.3) is 11.8 Å². The molecule has 0 unspecified atom stereocenters. The Labute approximate surface area is 165 Å². The minimum absolute atomic E-state index is 0.131. The average molecular weight is 427 g/mol. The third-order valence-corrected chi connectivity index (χ3v) is 5.47. The van der Waals surface area contributed by atoms with Crippen LogP contribution in [0.4, 0.5) is 0 Å². The molecule has 0 radical (unpaired) electrons. The van der Waals surface area contributed by atoms with Crippen LogP contribution in [0.5, 0.6) is 0 Å². The van der Waals surface area contributed by atoms with Crippen LogP contribution in [-0.4, -0.2) is 21.0 Å². The number of hydrogen-bond acceptors (Lipinski definition) is 5. The van der Waals surface area contributed by atoms with Crippen molar-refractivity contribution in [3.8, 4) is 11.4 Å². The summed E-state index contributed by atoms with van der Waals surface area (Å²) in [6.07, 6.45) is 8.11. The number of carbonyl (C=O) groups excluding carboxylic acids is 1. The first kappa shape index (κ1) is 17.9. The zero-order valence-electron chi connectivity index (χ0n) is 14.7. The Morgan fingerprint density at radius 1 is 1.04 bits per heavy atom. The smallest absolute Gasteiger partial charge is 0.252 e. The summed E-state index contributed by atoms with van der Waals surface area (Å²) in [5, 5.41) is 7.31. The highest BCUT2D eigenvalue weighted by Gasteiger charge is 2.41. The predicted molar refractivity (Wildman–Crippen MR) is 104 cm³/mol. The molecule has 1 amide bonds. The molecule has 0 saturated heterocycles. The molecule has 1 N–H and O–H groups in total. The average Bonchev–Trinajstić information content (AvgIpc) is 3.21. The van der Waals surface area contributed by atoms with Crippen LogP contribution in [0.25, 0.3) is 11.4 Å². The molecule has 4 rings (SSSR count). The Hall–Kier alpha value is -2.54. The largest absolute Gasteiger partial charge is 0.338 e. The van der Waals surface area contributed by atoms with E-state index in [4.69, 9.17) is 4.52 Å². The molecular formula is C20H19BrN4O2. The monoisotopic (exact) mass is 426 g/mol. The van der Waals surface area contributed by atoms with Crippen molar-refractivity contribution >= 4 is 21.8 Å². The summed E-state index contributed by atoms with van der Waals surface area (Å²) in [5.74, 6) is 0.850. The molecule has 0 aliphatic heterocycles. The lowest BCUT2D eigenvalue weighted by molar-refractivity contribution is 0.0824. The molecule has 7 heteroatoms. The SMILES string of the molecule is O=C(NC1(c2nc(-c3ccncc3)no2)CCCCC1)c1ccc(Br)cc1. The van der Waals surface area contributed by atoms with Gasteiger partial charge in [-0.15, -0.1) is 0 Å². The maximum Gasteiger partial charge on any atom is 0.252 e. The summed E-state index contributed by atoms with van der Waals surface area (Å²) in [6, 6.07) is 11.0. The van der Waals surface area contributed by atoms with Crippen molar-refractivity contribution in [3.05, 3.63) is 64.7 Å². The quantitative estimate of drug-likeness (QED) is 0.664. The lowest BCUT2D eigenvalue weighted by Gasteiger charge is -2.34. The van der Waals surface area contributed by atoms with Crippen LogP contribution < -0.4 is 5.32 Å². The lowest BCUT2D eigenvalue weighted by atomic mass is 9.81. The normalized spacial score (nSPS) is 16.0. The van der Waals surface area contributed by atoms with Crippen molar-refractivity contribution in [1.82, 2.24) is 20.4 Å². The van der Waals surface area contributed by atoms with Crippen LogP contribution >= 0.6 is 15.9 Å². The fourth-order valence-corrected chi connectivity index (χ4v) is 3.74. The number of nitrogens with zero attached hydrogens (tertiary/aromatic N) is 3. The van der Waals surface area contributed by atoms with E-state index < -0.39 is 5.54 Å². The van der Waals surface area contributed by atoms with E-state index in [1.165, 1.54) is 0 Å². The first-order valence-electron chi connectivity index (χ1n) is 8.99. The highest BCUT2D eigenvalue weighted by Crippen LogP contribution is 2.37. The Balaban J connectivity index is 1.63. The van der Waals surface area contributed by atoms with Gasteiger partial charge < -0.3 is 9.84 Å². The van der Waals surface area contributed by atoms with E-state index in [-0.39, 0.29) is 5.91 Å². The summed E-state index contributed by atoms with van der Waals surface area (Å²) in [4.78, 5) is 21.5. The minimum atomic E-state index is -0.624. The standard InChI is InChI=1S/C20H19BrN4O2/c21-16-6-4-15(5-7-16)18(26)24-20(10-2-1-3-11-20)19-23-17(25-27-19)14-8-12-22-13-9-14/h4-9,12-13H,1-3,10-11H2,(H,24,26). The molecule has 0 atom stereocenters. The molecule has 2 heterocycles. The molecule has 0 bridgehead atoms. The topological polar surface area (TPSA) is 80.9 Å². The first-order chi connectivity index (χ1) is 13.2. The number of aromatic nitrogens is 3. The van der Waals surface area contributed by atoms with Crippen molar-refractivity contribution in [2.45, 2.75) is 37.6 Å². The van der Waals surface area contributed by atoms with Crippen LogP contribution in [0.3, 0.4) is 0 Å². The highest BCUT2D eigenvalue weighted by atomic mass is 79.9. The molecule has 0 spiro atoms. The number of carbonyl (C=O) groups is 1. The molecule has 6 nitrogen and oxygen atoms in total. The Morgan fingerprint density at radius 2 is 1.74 bits per heavy atom.